The summed E-state index contributed by atoms with van der Waals surface area (Å²) in [5.74, 6) is -1.15. The second-order valence-electron chi connectivity index (χ2n) is 8.46. The van der Waals surface area contributed by atoms with Crippen molar-refractivity contribution in [2.24, 2.45) is 0 Å². The fourth-order valence-electron chi connectivity index (χ4n) is 4.67. The summed E-state index contributed by atoms with van der Waals surface area (Å²) in [5, 5.41) is 6.57. The monoisotopic (exact) mass is 466 g/mol. The van der Waals surface area contributed by atoms with Gasteiger partial charge < -0.3 is 9.64 Å². The van der Waals surface area contributed by atoms with E-state index in [9.17, 15) is 18.0 Å². The molecule has 0 radical (unpaired) electrons. The van der Waals surface area contributed by atoms with Gasteiger partial charge in [-0.25, -0.2) is 13.2 Å². The summed E-state index contributed by atoms with van der Waals surface area (Å²) in [6.45, 7) is 1.35. The van der Waals surface area contributed by atoms with Gasteiger partial charge in [-0.05, 0) is 18.1 Å². The van der Waals surface area contributed by atoms with Crippen molar-refractivity contribution in [1.82, 2.24) is 19.9 Å². The number of hydrogen-bond acceptors (Lipinski definition) is 7. The minimum atomic E-state index is -3.88. The molecule has 3 atom stereocenters. The van der Waals surface area contributed by atoms with E-state index in [1.54, 1.807) is 0 Å². The zero-order valence-corrected chi connectivity index (χ0v) is 18.6. The van der Waals surface area contributed by atoms with Crippen LogP contribution in [0.5, 0.6) is 0 Å². The highest BCUT2D eigenvalue weighted by molar-refractivity contribution is 7.93. The molecule has 0 unspecified atom stereocenters. The maximum atomic E-state index is 13.6. The molecule has 170 valence electrons. The Morgan fingerprint density at radius 1 is 1.12 bits per heavy atom. The second kappa shape index (κ2) is 7.80. The molecule has 2 aliphatic heterocycles. The number of ether oxygens (including phenoxy) is 1. The number of carbonyl (C=O) groups is 2. The summed E-state index contributed by atoms with van der Waals surface area (Å²) >= 11 is 0. The van der Waals surface area contributed by atoms with Crippen LogP contribution in [0.3, 0.4) is 0 Å². The molecule has 2 aliphatic rings. The predicted molar refractivity (Wildman–Crippen MR) is 117 cm³/mol. The Labute approximate surface area is 190 Å². The van der Waals surface area contributed by atoms with E-state index < -0.39 is 38.1 Å². The van der Waals surface area contributed by atoms with Crippen LogP contribution in [0.25, 0.3) is 0 Å². The van der Waals surface area contributed by atoms with E-state index in [0.29, 0.717) is 0 Å². The lowest BCUT2D eigenvalue weighted by Gasteiger charge is -2.37. The van der Waals surface area contributed by atoms with Crippen LogP contribution < -0.4 is 0 Å². The van der Waals surface area contributed by atoms with E-state index in [0.717, 1.165) is 16.0 Å². The summed E-state index contributed by atoms with van der Waals surface area (Å²) in [6.07, 6.45) is 2.06. The Balaban J connectivity index is 1.54. The Morgan fingerprint density at radius 3 is 2.24 bits per heavy atom. The molecule has 33 heavy (non-hydrogen) atoms. The summed E-state index contributed by atoms with van der Waals surface area (Å²) < 4.78 is 32.6. The van der Waals surface area contributed by atoms with Crippen molar-refractivity contribution in [3.05, 3.63) is 84.2 Å². The summed E-state index contributed by atoms with van der Waals surface area (Å²) in [7, 11) is -3.88. The quantitative estimate of drug-likeness (QED) is 0.402. The lowest BCUT2D eigenvalue weighted by molar-refractivity contribution is -0.164. The van der Waals surface area contributed by atoms with Crippen molar-refractivity contribution in [3.8, 4) is 0 Å². The highest BCUT2D eigenvalue weighted by atomic mass is 32.2. The van der Waals surface area contributed by atoms with Gasteiger partial charge in [0.1, 0.15) is 10.1 Å². The summed E-state index contributed by atoms with van der Waals surface area (Å²) in [4.78, 5) is 27.2. The molecule has 5 rings (SSSR count). The maximum absolute atomic E-state index is 13.6. The molecule has 2 saturated heterocycles. The minimum absolute atomic E-state index is 0.128. The Kier molecular flexibility index (Phi) is 5.04. The van der Waals surface area contributed by atoms with Crippen LogP contribution in [-0.4, -0.2) is 56.4 Å². The topological polar surface area (TPSA) is 111 Å². The average molecular weight is 467 g/mol. The molecule has 0 saturated carbocycles. The van der Waals surface area contributed by atoms with Crippen LogP contribution in [0.15, 0.2) is 73.1 Å². The van der Waals surface area contributed by atoms with E-state index in [1.807, 2.05) is 60.7 Å². The van der Waals surface area contributed by atoms with Gasteiger partial charge in [-0.2, -0.15) is 0 Å². The Hall–Kier alpha value is -3.53. The van der Waals surface area contributed by atoms with Crippen LogP contribution in [0.4, 0.5) is 0 Å². The van der Waals surface area contributed by atoms with Crippen molar-refractivity contribution in [3.63, 3.8) is 0 Å². The third-order valence-corrected chi connectivity index (χ3v) is 9.18. The Bertz CT molecular complexity index is 1240. The van der Waals surface area contributed by atoms with Crippen molar-refractivity contribution in [1.29, 1.82) is 0 Å². The molecule has 9 nitrogen and oxygen atoms in total. The van der Waals surface area contributed by atoms with Crippen LogP contribution in [0.2, 0.25) is 0 Å². The molecule has 0 N–H and O–H groups in total. The van der Waals surface area contributed by atoms with Crippen molar-refractivity contribution in [2.75, 3.05) is 0 Å². The van der Waals surface area contributed by atoms with Crippen LogP contribution in [0, 0.1) is 0 Å². The number of aromatic nitrogens is 3. The van der Waals surface area contributed by atoms with E-state index >= 15 is 0 Å². The number of esters is 1. The number of carbonyl (C=O) groups excluding carboxylic acids is 2. The van der Waals surface area contributed by atoms with Gasteiger partial charge in [-0.1, -0.05) is 65.9 Å². The normalized spacial score (nSPS) is 25.5. The first-order valence-corrected chi connectivity index (χ1v) is 12.1. The first-order chi connectivity index (χ1) is 15.8. The molecular weight excluding hydrogens is 444 g/mol. The molecule has 1 aromatic heterocycles. The number of amides is 1. The van der Waals surface area contributed by atoms with Gasteiger partial charge >= 0.3 is 5.97 Å². The predicted octanol–water partition coefficient (Wildman–Crippen LogP) is 1.72. The molecule has 1 amide bonds. The van der Waals surface area contributed by atoms with Crippen LogP contribution in [-0.2, 0) is 30.7 Å². The number of benzene rings is 2. The van der Waals surface area contributed by atoms with Crippen molar-refractivity contribution in [2.45, 2.75) is 42.2 Å². The van der Waals surface area contributed by atoms with Crippen LogP contribution in [0.1, 0.15) is 30.6 Å². The second-order valence-corrected chi connectivity index (χ2v) is 11.0. The van der Waals surface area contributed by atoms with Gasteiger partial charge in [0.25, 0.3) is 0 Å². The number of fused-ring (bicyclic) bond motifs is 1. The van der Waals surface area contributed by atoms with Crippen molar-refractivity contribution < 1.29 is 22.7 Å². The molecule has 2 aromatic carbocycles. The van der Waals surface area contributed by atoms with Gasteiger partial charge in [0.05, 0.1) is 19.2 Å². The molecule has 0 bridgehead atoms. The molecular formula is C23H22N4O5S. The number of sulfone groups is 1. The molecule has 3 aromatic rings. The fourth-order valence-corrected chi connectivity index (χ4v) is 7.03. The SMILES string of the molecule is C[C@]1(Cn2ccnn2)[C@H](C(=O)OC(c2ccccc2)c2ccccc2)N2C(=O)C[C@@H]2S1(=O)=O. The molecule has 0 aliphatic carbocycles. The van der Waals surface area contributed by atoms with E-state index in [1.165, 1.54) is 24.0 Å². The number of nitrogens with zero attached hydrogens (tertiary/aromatic N) is 4. The van der Waals surface area contributed by atoms with Crippen molar-refractivity contribution >= 4 is 21.7 Å². The molecule has 0 spiro atoms. The standard InChI is InChI=1S/C23H22N4O5S/c1-23(15-26-13-12-24-25-26)21(27-18(28)14-19(27)33(23,30)31)22(29)32-20(16-8-4-2-5-9-16)17-10-6-3-7-11-17/h2-13,19-21H,14-15H2,1H3/t19-,21-,23-/m0/s1. The number of rotatable bonds is 6. The van der Waals surface area contributed by atoms with Gasteiger partial charge in [0, 0.05) is 6.20 Å². The summed E-state index contributed by atoms with van der Waals surface area (Å²) in [5.41, 5.74) is 1.48. The van der Waals surface area contributed by atoms with Gasteiger partial charge in [0.15, 0.2) is 22.0 Å². The lowest BCUT2D eigenvalue weighted by Crippen LogP contribution is -2.58. The number of β-lactam (4-membered cyclic amide) rings is 1. The zero-order valence-electron chi connectivity index (χ0n) is 17.8. The van der Waals surface area contributed by atoms with Crippen LogP contribution >= 0.6 is 0 Å². The smallest absolute Gasteiger partial charge is 0.331 e. The Morgan fingerprint density at radius 2 is 1.73 bits per heavy atom. The highest BCUT2D eigenvalue weighted by Gasteiger charge is 2.70. The zero-order chi connectivity index (χ0) is 23.2. The first-order valence-electron chi connectivity index (χ1n) is 10.5. The molecule has 10 heteroatoms. The third kappa shape index (κ3) is 3.32. The number of hydrogen-bond donors (Lipinski definition) is 0. The summed E-state index contributed by atoms with van der Waals surface area (Å²) in [6, 6.07) is 17.1. The minimum Gasteiger partial charge on any atom is -0.451 e. The first kappa shape index (κ1) is 21.3. The van der Waals surface area contributed by atoms with Gasteiger partial charge in [0.2, 0.25) is 5.91 Å². The fraction of sp³-hybridized carbons (Fsp3) is 0.304. The third-order valence-electron chi connectivity index (χ3n) is 6.42. The van der Waals surface area contributed by atoms with E-state index in [2.05, 4.69) is 10.3 Å². The van der Waals surface area contributed by atoms with E-state index in [4.69, 9.17) is 4.74 Å². The van der Waals surface area contributed by atoms with Gasteiger partial charge in [-0.15, -0.1) is 5.10 Å². The maximum Gasteiger partial charge on any atom is 0.331 e. The van der Waals surface area contributed by atoms with E-state index in [-0.39, 0.29) is 18.9 Å². The molecule has 2 fully saturated rings. The largest absolute Gasteiger partial charge is 0.451 e. The lowest BCUT2D eigenvalue weighted by atomic mass is 9.95. The highest BCUT2D eigenvalue weighted by Crippen LogP contribution is 2.47. The molecule has 3 heterocycles. The average Bonchev–Trinajstić information content (AvgIpc) is 3.36. The van der Waals surface area contributed by atoms with Gasteiger partial charge in [-0.3, -0.25) is 9.48 Å².